The maximum atomic E-state index is 9.81. The van der Waals surface area contributed by atoms with Gasteiger partial charge in [-0.3, -0.25) is 0 Å². The Morgan fingerprint density at radius 2 is 1.94 bits per heavy atom. The second-order valence-corrected chi connectivity index (χ2v) is 5.86. The zero-order valence-corrected chi connectivity index (χ0v) is 12.2. The van der Waals surface area contributed by atoms with Gasteiger partial charge in [-0.05, 0) is 32.1 Å². The number of nitrogens with one attached hydrogen (secondary N) is 1. The standard InChI is InChI=1S/C14H29NO3/c1-10(2)5-11(3)18-9-13(16)8-15-12-6-14(7-12)17-4/h10-16H,5-9H2,1-4H3. The third-order valence-electron chi connectivity index (χ3n) is 3.45. The molecule has 0 amide bonds. The fourth-order valence-corrected chi connectivity index (χ4v) is 2.29. The second kappa shape index (κ2) is 8.10. The molecule has 0 radical (unpaired) electrons. The van der Waals surface area contributed by atoms with Crippen molar-refractivity contribution in [1.29, 1.82) is 0 Å². The first-order valence-corrected chi connectivity index (χ1v) is 7.07. The minimum Gasteiger partial charge on any atom is -0.389 e. The summed E-state index contributed by atoms with van der Waals surface area (Å²) in [5.74, 6) is 0.635. The van der Waals surface area contributed by atoms with Gasteiger partial charge < -0.3 is 19.9 Å². The Morgan fingerprint density at radius 3 is 2.50 bits per heavy atom. The van der Waals surface area contributed by atoms with Crippen LogP contribution in [0.1, 0.15) is 40.0 Å². The zero-order chi connectivity index (χ0) is 13.5. The summed E-state index contributed by atoms with van der Waals surface area (Å²) >= 11 is 0. The van der Waals surface area contributed by atoms with E-state index in [1.807, 2.05) is 0 Å². The van der Waals surface area contributed by atoms with E-state index in [0.29, 0.717) is 31.2 Å². The van der Waals surface area contributed by atoms with E-state index in [4.69, 9.17) is 9.47 Å². The molecule has 1 aliphatic rings. The van der Waals surface area contributed by atoms with Crippen LogP contribution in [0, 0.1) is 5.92 Å². The van der Waals surface area contributed by atoms with Gasteiger partial charge in [-0.1, -0.05) is 13.8 Å². The summed E-state index contributed by atoms with van der Waals surface area (Å²) < 4.78 is 10.8. The van der Waals surface area contributed by atoms with Crippen molar-refractivity contribution in [2.24, 2.45) is 5.92 Å². The number of aliphatic hydroxyl groups is 1. The molecule has 4 nitrogen and oxygen atoms in total. The number of rotatable bonds is 9. The summed E-state index contributed by atoms with van der Waals surface area (Å²) in [5.41, 5.74) is 0. The summed E-state index contributed by atoms with van der Waals surface area (Å²) in [6.45, 7) is 7.45. The fourth-order valence-electron chi connectivity index (χ4n) is 2.29. The van der Waals surface area contributed by atoms with Crippen LogP contribution in [-0.4, -0.2) is 49.7 Å². The number of aliphatic hydroxyl groups excluding tert-OH is 1. The minimum absolute atomic E-state index is 0.223. The molecule has 1 aliphatic carbocycles. The fraction of sp³-hybridized carbons (Fsp3) is 1.00. The third kappa shape index (κ3) is 6.14. The highest BCUT2D eigenvalue weighted by molar-refractivity contribution is 4.86. The Balaban J connectivity index is 1.99. The molecule has 108 valence electrons. The Kier molecular flexibility index (Phi) is 7.15. The van der Waals surface area contributed by atoms with Crippen molar-refractivity contribution in [1.82, 2.24) is 5.32 Å². The van der Waals surface area contributed by atoms with Gasteiger partial charge in [0.25, 0.3) is 0 Å². The van der Waals surface area contributed by atoms with Crippen LogP contribution in [0.3, 0.4) is 0 Å². The van der Waals surface area contributed by atoms with E-state index in [0.717, 1.165) is 19.3 Å². The van der Waals surface area contributed by atoms with Gasteiger partial charge in [-0.2, -0.15) is 0 Å². The predicted molar refractivity (Wildman–Crippen MR) is 72.7 cm³/mol. The van der Waals surface area contributed by atoms with E-state index in [2.05, 4.69) is 26.1 Å². The highest BCUT2D eigenvalue weighted by Gasteiger charge is 2.28. The molecule has 2 unspecified atom stereocenters. The van der Waals surface area contributed by atoms with E-state index in [-0.39, 0.29) is 6.10 Å². The van der Waals surface area contributed by atoms with E-state index in [1.54, 1.807) is 7.11 Å². The van der Waals surface area contributed by atoms with Crippen LogP contribution in [-0.2, 0) is 9.47 Å². The Hall–Kier alpha value is -0.160. The van der Waals surface area contributed by atoms with Gasteiger partial charge in [0.1, 0.15) is 0 Å². The van der Waals surface area contributed by atoms with Crippen molar-refractivity contribution in [2.45, 2.75) is 64.4 Å². The van der Waals surface area contributed by atoms with E-state index >= 15 is 0 Å². The van der Waals surface area contributed by atoms with Crippen molar-refractivity contribution in [2.75, 3.05) is 20.3 Å². The molecule has 1 fully saturated rings. The molecule has 2 atom stereocenters. The van der Waals surface area contributed by atoms with E-state index in [9.17, 15) is 5.11 Å². The lowest BCUT2D eigenvalue weighted by atomic mass is 9.89. The first-order valence-electron chi connectivity index (χ1n) is 7.07. The molecule has 0 heterocycles. The van der Waals surface area contributed by atoms with Crippen LogP contribution < -0.4 is 5.32 Å². The normalized spacial score (nSPS) is 27.0. The first kappa shape index (κ1) is 15.9. The molecule has 1 rings (SSSR count). The summed E-state index contributed by atoms with van der Waals surface area (Å²) in [5, 5.41) is 13.1. The molecular formula is C14H29NO3. The highest BCUT2D eigenvalue weighted by atomic mass is 16.5. The number of hydrogen-bond donors (Lipinski definition) is 2. The summed E-state index contributed by atoms with van der Waals surface area (Å²) in [4.78, 5) is 0. The van der Waals surface area contributed by atoms with Crippen LogP contribution in [0.5, 0.6) is 0 Å². The maximum Gasteiger partial charge on any atom is 0.0897 e. The third-order valence-corrected chi connectivity index (χ3v) is 3.45. The van der Waals surface area contributed by atoms with Gasteiger partial charge in [0.05, 0.1) is 24.9 Å². The van der Waals surface area contributed by atoms with Crippen LogP contribution in [0.2, 0.25) is 0 Å². The lowest BCUT2D eigenvalue weighted by Crippen LogP contribution is -2.48. The molecule has 0 saturated heterocycles. The van der Waals surface area contributed by atoms with Crippen LogP contribution in [0.4, 0.5) is 0 Å². The van der Waals surface area contributed by atoms with Crippen molar-refractivity contribution in [3.63, 3.8) is 0 Å². The van der Waals surface area contributed by atoms with Gasteiger partial charge in [0, 0.05) is 19.7 Å². The summed E-state index contributed by atoms with van der Waals surface area (Å²) in [6.07, 6.45) is 3.35. The highest BCUT2D eigenvalue weighted by Crippen LogP contribution is 2.22. The molecular weight excluding hydrogens is 230 g/mol. The van der Waals surface area contributed by atoms with Crippen molar-refractivity contribution in [3.05, 3.63) is 0 Å². The lowest BCUT2D eigenvalue weighted by Gasteiger charge is -2.35. The Morgan fingerprint density at radius 1 is 1.28 bits per heavy atom. The molecule has 0 bridgehead atoms. The molecule has 2 N–H and O–H groups in total. The molecule has 18 heavy (non-hydrogen) atoms. The number of methoxy groups -OCH3 is 1. The average Bonchev–Trinajstić information content (AvgIpc) is 2.23. The largest absolute Gasteiger partial charge is 0.389 e. The SMILES string of the molecule is COC1CC(NCC(O)COC(C)CC(C)C)C1. The molecule has 0 aromatic rings. The number of ether oxygens (including phenoxy) is 2. The molecule has 0 aromatic carbocycles. The average molecular weight is 259 g/mol. The van der Waals surface area contributed by atoms with Crippen LogP contribution in [0.25, 0.3) is 0 Å². The lowest BCUT2D eigenvalue weighted by molar-refractivity contribution is -0.0171. The second-order valence-electron chi connectivity index (χ2n) is 5.86. The Bertz CT molecular complexity index is 217. The molecule has 4 heteroatoms. The predicted octanol–water partition coefficient (Wildman–Crippen LogP) is 1.57. The minimum atomic E-state index is -0.416. The topological polar surface area (TPSA) is 50.7 Å². The van der Waals surface area contributed by atoms with Gasteiger partial charge >= 0.3 is 0 Å². The zero-order valence-electron chi connectivity index (χ0n) is 12.2. The van der Waals surface area contributed by atoms with E-state index in [1.165, 1.54) is 0 Å². The number of hydrogen-bond acceptors (Lipinski definition) is 4. The van der Waals surface area contributed by atoms with Crippen LogP contribution >= 0.6 is 0 Å². The van der Waals surface area contributed by atoms with Gasteiger partial charge in [0.15, 0.2) is 0 Å². The van der Waals surface area contributed by atoms with Crippen molar-refractivity contribution < 1.29 is 14.6 Å². The van der Waals surface area contributed by atoms with Crippen molar-refractivity contribution in [3.8, 4) is 0 Å². The summed E-state index contributed by atoms with van der Waals surface area (Å²) in [6, 6.07) is 0.498. The van der Waals surface area contributed by atoms with Gasteiger partial charge in [-0.25, -0.2) is 0 Å². The van der Waals surface area contributed by atoms with Crippen LogP contribution in [0.15, 0.2) is 0 Å². The van der Waals surface area contributed by atoms with E-state index < -0.39 is 6.10 Å². The first-order chi connectivity index (χ1) is 8.51. The molecule has 0 aromatic heterocycles. The Labute approximate surface area is 111 Å². The molecule has 0 spiro atoms. The van der Waals surface area contributed by atoms with Gasteiger partial charge in [0.2, 0.25) is 0 Å². The van der Waals surface area contributed by atoms with Crippen molar-refractivity contribution >= 4 is 0 Å². The maximum absolute atomic E-state index is 9.81. The smallest absolute Gasteiger partial charge is 0.0897 e. The quantitative estimate of drug-likeness (QED) is 0.660. The molecule has 0 aliphatic heterocycles. The summed E-state index contributed by atoms with van der Waals surface area (Å²) in [7, 11) is 1.75. The van der Waals surface area contributed by atoms with Gasteiger partial charge in [-0.15, -0.1) is 0 Å². The monoisotopic (exact) mass is 259 g/mol. The molecule has 1 saturated carbocycles.